The number of aliphatic imine (C=N–C) groups is 2. The smallest absolute Gasteiger partial charge is 0.242 e. The maximum absolute atomic E-state index is 13.2. The van der Waals surface area contributed by atoms with Gasteiger partial charge in [-0.25, -0.2) is 15.0 Å². The van der Waals surface area contributed by atoms with Gasteiger partial charge in [-0.15, -0.1) is 0 Å². The van der Waals surface area contributed by atoms with E-state index in [4.69, 9.17) is 0 Å². The fraction of sp³-hybridized carbons (Fsp3) is 0.520. The molecule has 2 amide bonds. The van der Waals surface area contributed by atoms with E-state index in [1.165, 1.54) is 0 Å². The summed E-state index contributed by atoms with van der Waals surface area (Å²) in [7, 11) is 0. The van der Waals surface area contributed by atoms with Gasteiger partial charge in [0.15, 0.2) is 6.19 Å². The van der Waals surface area contributed by atoms with E-state index in [1.807, 2.05) is 36.2 Å². The van der Waals surface area contributed by atoms with Gasteiger partial charge in [0.2, 0.25) is 17.8 Å². The van der Waals surface area contributed by atoms with E-state index >= 15 is 0 Å². The van der Waals surface area contributed by atoms with Crippen LogP contribution in [0.25, 0.3) is 11.0 Å². The minimum absolute atomic E-state index is 0.0120. The predicted molar refractivity (Wildman–Crippen MR) is 134 cm³/mol. The third kappa shape index (κ3) is 5.67. The number of hydrogen-bond acceptors (Lipinski definition) is 5. The number of nitrogens with zero attached hydrogens (tertiary/aromatic N) is 7. The molecule has 2 aliphatic heterocycles. The van der Waals surface area contributed by atoms with Crippen molar-refractivity contribution < 1.29 is 9.59 Å². The first-order valence-corrected chi connectivity index (χ1v) is 12.3. The number of rotatable bonds is 5. The number of likely N-dealkylation sites (tertiary alicyclic amines) is 2. The van der Waals surface area contributed by atoms with Crippen molar-refractivity contribution in [3.8, 4) is 6.19 Å². The summed E-state index contributed by atoms with van der Waals surface area (Å²) in [6, 6.07) is 5.66. The second kappa shape index (κ2) is 11.1. The van der Waals surface area contributed by atoms with Crippen molar-refractivity contribution in [2.45, 2.75) is 52.5 Å². The first-order valence-electron chi connectivity index (χ1n) is 12.3. The highest BCUT2D eigenvalue weighted by molar-refractivity contribution is 6.00. The quantitative estimate of drug-likeness (QED) is 0.308. The molecule has 1 aromatic heterocycles. The molecule has 4 rings (SSSR count). The van der Waals surface area contributed by atoms with Crippen molar-refractivity contribution in [1.82, 2.24) is 24.7 Å². The first-order chi connectivity index (χ1) is 17.0. The molecule has 2 aliphatic rings. The Balaban J connectivity index is 1.50. The van der Waals surface area contributed by atoms with Crippen LogP contribution in [0.5, 0.6) is 0 Å². The third-order valence-corrected chi connectivity index (χ3v) is 6.63. The van der Waals surface area contributed by atoms with Crippen LogP contribution in [0.1, 0.15) is 44.9 Å². The van der Waals surface area contributed by atoms with Gasteiger partial charge in [0.25, 0.3) is 0 Å². The van der Waals surface area contributed by atoms with Crippen LogP contribution < -0.4 is 5.32 Å². The molecule has 3 heterocycles. The molecule has 10 nitrogen and oxygen atoms in total. The zero-order valence-electron chi connectivity index (χ0n) is 20.4. The number of amides is 2. The molecule has 0 bridgehead atoms. The Labute approximate surface area is 205 Å². The molecule has 0 aliphatic carbocycles. The average Bonchev–Trinajstić information content (AvgIpc) is 3.45. The van der Waals surface area contributed by atoms with Gasteiger partial charge in [-0.1, -0.05) is 6.42 Å². The van der Waals surface area contributed by atoms with Gasteiger partial charge in [-0.2, -0.15) is 5.26 Å². The molecule has 1 atom stereocenters. The number of fused-ring (bicyclic) bond motifs is 1. The Bertz CT molecular complexity index is 1190. The summed E-state index contributed by atoms with van der Waals surface area (Å²) >= 11 is 0. The lowest BCUT2D eigenvalue weighted by Gasteiger charge is -2.25. The van der Waals surface area contributed by atoms with E-state index < -0.39 is 5.92 Å². The first kappa shape index (κ1) is 24.4. The van der Waals surface area contributed by atoms with E-state index in [0.29, 0.717) is 18.7 Å². The topological polar surface area (TPSA) is 119 Å². The highest BCUT2D eigenvalue weighted by atomic mass is 16.2. The molecule has 0 spiro atoms. The lowest BCUT2D eigenvalue weighted by atomic mass is 10.0. The molecule has 2 aromatic rings. The number of guanidine groups is 1. The number of benzene rings is 1. The second-order valence-electron chi connectivity index (χ2n) is 8.98. The van der Waals surface area contributed by atoms with Crippen LogP contribution in [0, 0.1) is 24.3 Å². The van der Waals surface area contributed by atoms with Gasteiger partial charge >= 0.3 is 0 Å². The molecule has 0 radical (unpaired) electrons. The summed E-state index contributed by atoms with van der Waals surface area (Å²) < 4.78 is 2.12. The average molecular weight is 477 g/mol. The largest absolute Gasteiger partial charge is 0.341 e. The van der Waals surface area contributed by atoms with Crippen LogP contribution in [-0.4, -0.2) is 69.5 Å². The second-order valence-corrected chi connectivity index (χ2v) is 8.98. The number of aromatic nitrogens is 2. The Morgan fingerprint density at radius 2 is 2.03 bits per heavy atom. The fourth-order valence-electron chi connectivity index (χ4n) is 4.79. The maximum atomic E-state index is 13.2. The summed E-state index contributed by atoms with van der Waals surface area (Å²) in [4.78, 5) is 42.7. The highest BCUT2D eigenvalue weighted by Crippen LogP contribution is 2.23. The zero-order chi connectivity index (χ0) is 24.8. The number of imidazole rings is 1. The van der Waals surface area contributed by atoms with Crippen molar-refractivity contribution in [3.05, 3.63) is 24.0 Å². The van der Waals surface area contributed by atoms with Gasteiger partial charge in [-0.05, 0) is 57.7 Å². The van der Waals surface area contributed by atoms with E-state index in [-0.39, 0.29) is 24.3 Å². The van der Waals surface area contributed by atoms with Crippen LogP contribution >= 0.6 is 0 Å². The van der Waals surface area contributed by atoms with Gasteiger partial charge < -0.3 is 14.4 Å². The lowest BCUT2D eigenvalue weighted by Crippen LogP contribution is -2.44. The van der Waals surface area contributed by atoms with Crippen LogP contribution in [0.3, 0.4) is 0 Å². The van der Waals surface area contributed by atoms with Crippen molar-refractivity contribution >= 4 is 40.7 Å². The normalized spacial score (nSPS) is 19.4. The summed E-state index contributed by atoms with van der Waals surface area (Å²) in [6.07, 6.45) is 7.83. The van der Waals surface area contributed by atoms with Crippen molar-refractivity contribution in [2.24, 2.45) is 15.9 Å². The van der Waals surface area contributed by atoms with Crippen molar-refractivity contribution in [3.63, 3.8) is 0 Å². The Morgan fingerprint density at radius 3 is 2.77 bits per heavy atom. The number of carbonyl (C=O) groups excluding carboxylic acids is 2. The van der Waals surface area contributed by atoms with Crippen LogP contribution in [0.4, 0.5) is 5.69 Å². The number of aryl methyl sites for hydroxylation is 2. The van der Waals surface area contributed by atoms with Crippen LogP contribution in [0.15, 0.2) is 28.2 Å². The standard InChI is InChI=1S/C25H32N8O2/c1-3-33-18(2)29-21-14-20(9-10-22(21)33)30-25(28-17-26)27-15-19-8-4-5-13-32(24(19)35)16-23(34)31-11-6-7-12-31/h9-10,14-15,19H,3-8,11-13,16H2,1-2H3,(H,28,30)/b27-15-. The molecule has 35 heavy (non-hydrogen) atoms. The van der Waals surface area contributed by atoms with E-state index in [0.717, 1.165) is 62.2 Å². The van der Waals surface area contributed by atoms with E-state index in [9.17, 15) is 14.9 Å². The molecular formula is C25H32N8O2. The molecule has 1 unspecified atom stereocenters. The molecule has 2 fully saturated rings. The Morgan fingerprint density at radius 1 is 1.26 bits per heavy atom. The molecule has 1 N–H and O–H groups in total. The summed E-state index contributed by atoms with van der Waals surface area (Å²) in [5.74, 6) is 0.488. The monoisotopic (exact) mass is 476 g/mol. The number of carbonyl (C=O) groups is 2. The zero-order valence-corrected chi connectivity index (χ0v) is 20.4. The summed E-state index contributed by atoms with van der Waals surface area (Å²) in [5.41, 5.74) is 2.45. The lowest BCUT2D eigenvalue weighted by molar-refractivity contribution is -0.140. The number of nitriles is 1. The molecule has 1 aromatic carbocycles. The molecule has 0 saturated carbocycles. The fourth-order valence-corrected chi connectivity index (χ4v) is 4.79. The molecule has 10 heteroatoms. The SMILES string of the molecule is CCn1c(C)nc2cc(N=C(/N=C\C3CCCCN(CC(=O)N4CCCC4)C3=O)NC#N)ccc21. The minimum atomic E-state index is -0.458. The molecule has 184 valence electrons. The van der Waals surface area contributed by atoms with Gasteiger partial charge in [0.05, 0.1) is 29.2 Å². The van der Waals surface area contributed by atoms with Crippen molar-refractivity contribution in [2.75, 3.05) is 26.2 Å². The van der Waals surface area contributed by atoms with E-state index in [1.54, 1.807) is 11.1 Å². The summed E-state index contributed by atoms with van der Waals surface area (Å²) in [5, 5.41) is 11.7. The predicted octanol–water partition coefficient (Wildman–Crippen LogP) is 2.74. The van der Waals surface area contributed by atoms with Gasteiger partial charge in [-0.3, -0.25) is 14.9 Å². The number of nitrogens with one attached hydrogen (secondary N) is 1. The maximum Gasteiger partial charge on any atom is 0.242 e. The molecule has 2 saturated heterocycles. The van der Waals surface area contributed by atoms with Gasteiger partial charge in [0, 0.05) is 32.4 Å². The highest BCUT2D eigenvalue weighted by Gasteiger charge is 2.29. The van der Waals surface area contributed by atoms with Crippen LogP contribution in [0.2, 0.25) is 0 Å². The third-order valence-electron chi connectivity index (χ3n) is 6.63. The minimum Gasteiger partial charge on any atom is -0.341 e. The number of hydrogen-bond donors (Lipinski definition) is 1. The summed E-state index contributed by atoms with van der Waals surface area (Å²) in [6.45, 7) is 7.10. The Hall–Kier alpha value is -3.74. The van der Waals surface area contributed by atoms with Gasteiger partial charge in [0.1, 0.15) is 5.82 Å². The Kier molecular flexibility index (Phi) is 7.75. The van der Waals surface area contributed by atoms with E-state index in [2.05, 4.69) is 31.8 Å². The van der Waals surface area contributed by atoms with Crippen LogP contribution in [-0.2, 0) is 16.1 Å². The van der Waals surface area contributed by atoms with Crippen molar-refractivity contribution in [1.29, 1.82) is 5.26 Å². The molecular weight excluding hydrogens is 444 g/mol.